The van der Waals surface area contributed by atoms with Crippen molar-refractivity contribution in [1.82, 2.24) is 0 Å². The van der Waals surface area contributed by atoms with Crippen molar-refractivity contribution in [2.75, 3.05) is 5.32 Å². The molecule has 3 heteroatoms. The molecule has 68 valence electrons. The van der Waals surface area contributed by atoms with Crippen LogP contribution in [0, 0.1) is 14.9 Å². The zero-order chi connectivity index (χ0) is 9.68. The van der Waals surface area contributed by atoms with E-state index in [4.69, 9.17) is 5.26 Å². The lowest BCUT2D eigenvalue weighted by Gasteiger charge is -2.11. The SMILES string of the molecule is CC(CC#N)Nc1ccc(I)cc1. The molecule has 0 aliphatic rings. The molecule has 1 rings (SSSR count). The first kappa shape index (κ1) is 10.3. The lowest BCUT2D eigenvalue weighted by molar-refractivity contribution is 0.821. The van der Waals surface area contributed by atoms with Crippen molar-refractivity contribution < 1.29 is 0 Å². The minimum atomic E-state index is 0.213. The first-order valence-electron chi connectivity index (χ1n) is 4.11. The van der Waals surface area contributed by atoms with Crippen LogP contribution in [-0.4, -0.2) is 6.04 Å². The van der Waals surface area contributed by atoms with Crippen molar-refractivity contribution in [3.05, 3.63) is 27.8 Å². The Morgan fingerprint density at radius 1 is 1.46 bits per heavy atom. The molecule has 0 aromatic heterocycles. The van der Waals surface area contributed by atoms with Gasteiger partial charge < -0.3 is 5.32 Å². The summed E-state index contributed by atoms with van der Waals surface area (Å²) in [6.45, 7) is 2.00. The maximum absolute atomic E-state index is 8.47. The Balaban J connectivity index is 2.55. The smallest absolute Gasteiger partial charge is 0.0643 e. The number of halogens is 1. The van der Waals surface area contributed by atoms with E-state index in [1.54, 1.807) is 0 Å². The Bertz CT molecular complexity index is 300. The Morgan fingerprint density at radius 3 is 2.62 bits per heavy atom. The summed E-state index contributed by atoms with van der Waals surface area (Å²) in [5.74, 6) is 0. The number of rotatable bonds is 3. The molecule has 0 radical (unpaired) electrons. The zero-order valence-corrected chi connectivity index (χ0v) is 9.58. The molecule has 0 saturated carbocycles. The normalized spacial score (nSPS) is 11.8. The Kier molecular flexibility index (Phi) is 4.03. The van der Waals surface area contributed by atoms with Crippen molar-refractivity contribution in [2.24, 2.45) is 0 Å². The Labute approximate surface area is 92.1 Å². The number of nitrogens with zero attached hydrogens (tertiary/aromatic N) is 1. The second kappa shape index (κ2) is 5.07. The van der Waals surface area contributed by atoms with E-state index < -0.39 is 0 Å². The molecule has 0 aliphatic heterocycles. The largest absolute Gasteiger partial charge is 0.382 e. The van der Waals surface area contributed by atoms with E-state index in [1.807, 2.05) is 31.2 Å². The molecule has 1 N–H and O–H groups in total. The van der Waals surface area contributed by atoms with E-state index >= 15 is 0 Å². The molecule has 1 aromatic rings. The molecule has 13 heavy (non-hydrogen) atoms. The maximum Gasteiger partial charge on any atom is 0.0643 e. The quantitative estimate of drug-likeness (QED) is 0.867. The second-order valence-electron chi connectivity index (χ2n) is 2.91. The highest BCUT2D eigenvalue weighted by atomic mass is 127. The van der Waals surface area contributed by atoms with Gasteiger partial charge in [0, 0.05) is 15.3 Å². The molecular formula is C10H11IN2. The number of hydrogen-bond donors (Lipinski definition) is 1. The van der Waals surface area contributed by atoms with Crippen molar-refractivity contribution >= 4 is 28.3 Å². The van der Waals surface area contributed by atoms with E-state index in [-0.39, 0.29) is 6.04 Å². The van der Waals surface area contributed by atoms with Crippen LogP contribution >= 0.6 is 22.6 Å². The van der Waals surface area contributed by atoms with Gasteiger partial charge in [-0.05, 0) is 53.8 Å². The number of hydrogen-bond acceptors (Lipinski definition) is 2. The highest BCUT2D eigenvalue weighted by Crippen LogP contribution is 2.12. The van der Waals surface area contributed by atoms with Crippen LogP contribution in [0.15, 0.2) is 24.3 Å². The van der Waals surface area contributed by atoms with Gasteiger partial charge in [-0.3, -0.25) is 0 Å². The molecular weight excluding hydrogens is 275 g/mol. The fourth-order valence-corrected chi connectivity index (χ4v) is 1.38. The molecule has 0 heterocycles. The molecule has 1 unspecified atom stereocenters. The highest BCUT2D eigenvalue weighted by Gasteiger charge is 1.99. The van der Waals surface area contributed by atoms with Gasteiger partial charge in [0.15, 0.2) is 0 Å². The monoisotopic (exact) mass is 286 g/mol. The predicted octanol–water partition coefficient (Wildman–Crippen LogP) is 3.01. The topological polar surface area (TPSA) is 35.8 Å². The van der Waals surface area contributed by atoms with E-state index in [1.165, 1.54) is 3.57 Å². The van der Waals surface area contributed by atoms with E-state index in [0.29, 0.717) is 6.42 Å². The van der Waals surface area contributed by atoms with Crippen LogP contribution in [0.4, 0.5) is 5.69 Å². The third kappa shape index (κ3) is 3.64. The first-order chi connectivity index (χ1) is 6.22. The van der Waals surface area contributed by atoms with Crippen molar-refractivity contribution in [1.29, 1.82) is 5.26 Å². The van der Waals surface area contributed by atoms with Crippen molar-refractivity contribution in [2.45, 2.75) is 19.4 Å². The van der Waals surface area contributed by atoms with Gasteiger partial charge in [-0.1, -0.05) is 0 Å². The molecule has 0 saturated heterocycles. The average Bonchev–Trinajstić information content (AvgIpc) is 2.09. The lowest BCUT2D eigenvalue weighted by atomic mass is 10.2. The van der Waals surface area contributed by atoms with Gasteiger partial charge in [-0.25, -0.2) is 0 Å². The molecule has 0 bridgehead atoms. The van der Waals surface area contributed by atoms with E-state index in [2.05, 4.69) is 34.0 Å². The Morgan fingerprint density at radius 2 is 2.08 bits per heavy atom. The second-order valence-corrected chi connectivity index (χ2v) is 4.16. The van der Waals surface area contributed by atoms with Crippen LogP contribution in [0.3, 0.4) is 0 Å². The van der Waals surface area contributed by atoms with Gasteiger partial charge in [0.1, 0.15) is 0 Å². The van der Waals surface area contributed by atoms with Gasteiger partial charge in [0.2, 0.25) is 0 Å². The third-order valence-corrected chi connectivity index (χ3v) is 2.37. The zero-order valence-electron chi connectivity index (χ0n) is 7.42. The molecule has 0 amide bonds. The fraction of sp³-hybridized carbons (Fsp3) is 0.300. The summed E-state index contributed by atoms with van der Waals surface area (Å²) < 4.78 is 1.22. The minimum absolute atomic E-state index is 0.213. The molecule has 2 nitrogen and oxygen atoms in total. The van der Waals surface area contributed by atoms with Crippen molar-refractivity contribution in [3.8, 4) is 6.07 Å². The van der Waals surface area contributed by atoms with Crippen LogP contribution in [0.1, 0.15) is 13.3 Å². The molecule has 1 aromatic carbocycles. The summed E-state index contributed by atoms with van der Waals surface area (Å²) >= 11 is 2.27. The summed E-state index contributed by atoms with van der Waals surface area (Å²) in [5, 5.41) is 11.7. The standard InChI is InChI=1S/C10H11IN2/c1-8(6-7-12)13-10-4-2-9(11)3-5-10/h2-5,8,13H,6H2,1H3. The first-order valence-corrected chi connectivity index (χ1v) is 5.19. The number of anilines is 1. The molecule has 0 fully saturated rings. The van der Waals surface area contributed by atoms with Gasteiger partial charge >= 0.3 is 0 Å². The predicted molar refractivity (Wildman–Crippen MR) is 62.5 cm³/mol. The fourth-order valence-electron chi connectivity index (χ4n) is 1.02. The Hall–Kier alpha value is -0.760. The molecule has 1 atom stereocenters. The van der Waals surface area contributed by atoms with E-state index in [9.17, 15) is 0 Å². The summed E-state index contributed by atoms with van der Waals surface area (Å²) in [7, 11) is 0. The summed E-state index contributed by atoms with van der Waals surface area (Å²) in [4.78, 5) is 0. The van der Waals surface area contributed by atoms with Crippen molar-refractivity contribution in [3.63, 3.8) is 0 Å². The van der Waals surface area contributed by atoms with Crippen LogP contribution in [0.5, 0.6) is 0 Å². The maximum atomic E-state index is 8.47. The van der Waals surface area contributed by atoms with Crippen LogP contribution < -0.4 is 5.32 Å². The van der Waals surface area contributed by atoms with Gasteiger partial charge in [-0.15, -0.1) is 0 Å². The number of nitriles is 1. The third-order valence-electron chi connectivity index (χ3n) is 1.65. The van der Waals surface area contributed by atoms with Crippen LogP contribution in [0.25, 0.3) is 0 Å². The molecule has 0 aliphatic carbocycles. The van der Waals surface area contributed by atoms with Gasteiger partial charge in [0.25, 0.3) is 0 Å². The molecule has 0 spiro atoms. The van der Waals surface area contributed by atoms with Gasteiger partial charge in [0.05, 0.1) is 12.5 Å². The summed E-state index contributed by atoms with van der Waals surface area (Å²) in [6.07, 6.45) is 0.534. The lowest BCUT2D eigenvalue weighted by Crippen LogP contribution is -2.13. The van der Waals surface area contributed by atoms with E-state index in [0.717, 1.165) is 5.69 Å². The highest BCUT2D eigenvalue weighted by molar-refractivity contribution is 14.1. The number of nitrogens with one attached hydrogen (secondary N) is 1. The van der Waals surface area contributed by atoms with Crippen LogP contribution in [0.2, 0.25) is 0 Å². The summed E-state index contributed by atoms with van der Waals surface area (Å²) in [5.41, 5.74) is 1.07. The van der Waals surface area contributed by atoms with Crippen LogP contribution in [-0.2, 0) is 0 Å². The number of benzene rings is 1. The average molecular weight is 286 g/mol. The summed E-state index contributed by atoms with van der Waals surface area (Å²) in [6, 6.07) is 10.5. The van der Waals surface area contributed by atoms with Gasteiger partial charge in [-0.2, -0.15) is 5.26 Å². The minimum Gasteiger partial charge on any atom is -0.382 e.